The van der Waals surface area contributed by atoms with Gasteiger partial charge in [-0.05, 0) is 57.6 Å². The summed E-state index contributed by atoms with van der Waals surface area (Å²) in [7, 11) is 0. The molecule has 0 aliphatic heterocycles. The first-order valence-electron chi connectivity index (χ1n) is 35.0. The van der Waals surface area contributed by atoms with Crippen molar-refractivity contribution in [2.75, 3.05) is 0 Å². The van der Waals surface area contributed by atoms with Gasteiger partial charge in [0.25, 0.3) is 0 Å². The van der Waals surface area contributed by atoms with Crippen molar-refractivity contribution >= 4 is 0 Å². The lowest BCUT2D eigenvalue weighted by molar-refractivity contribution is -0.144. The average Bonchev–Trinajstić information content (AvgIpc) is 3.65. The Balaban J connectivity index is -0.0000000684. The highest BCUT2D eigenvalue weighted by Gasteiger charge is 2.29. The van der Waals surface area contributed by atoms with Gasteiger partial charge in [-0.3, -0.25) is 0 Å². The second-order valence-electron chi connectivity index (χ2n) is 24.2. The highest BCUT2D eigenvalue weighted by Crippen LogP contribution is 2.27. The molecule has 0 aromatic heterocycles. The standard InChI is InChI=1S/C7H14.2C6H11F3.C6H12.C6H14.3C5H12.4C4H10.C3H8.C2H6/c1-7-5-3-2-4-6-7;2*1-3-5(2)4-6(7,8)9;1-6-4-2-3-5-6;1-5-6(2,3)4;2*1-5(2,3)4;1-4-5(2)3;2*1-4(2)3;2*1-3-4-2;1-3-2;1-2/h7H,2-6H2,1H3;2*5H,3-4H2,1-2H3;6H,2-5H2,1H3;5H2,1-4H3;2*1-4H3;5H,4H2,1-3H3;2*4H,1-3H3;2*3-4H2,1-2H3;3H2,1-2H3;1-2H3/t;2*5-;;;;;;;;;;;/m.00.........../s1/i7D;;;6D;5D2;1D3;;4D2;4D;;3D2;;;. The fourth-order valence-corrected chi connectivity index (χ4v) is 3.21. The normalized spacial score (nSPS) is 18.0. The molecule has 0 radical (unpaired) electrons. The first-order chi connectivity index (χ1) is 36.9. The molecule has 2 fully saturated rings. The number of rotatable bonds is 7. The Hall–Kier alpha value is -0.420. The van der Waals surface area contributed by atoms with Crippen LogP contribution in [0.15, 0.2) is 0 Å². The largest absolute Gasteiger partial charge is 0.389 e. The zero-order chi connectivity index (χ0) is 72.3. The molecule has 0 heterocycles. The van der Waals surface area contributed by atoms with Gasteiger partial charge >= 0.3 is 12.4 Å². The van der Waals surface area contributed by atoms with Gasteiger partial charge in [0.2, 0.25) is 0 Å². The number of hydrogen-bond acceptors (Lipinski definition) is 0. The van der Waals surface area contributed by atoms with Gasteiger partial charge in [-0.25, -0.2) is 0 Å². The Morgan fingerprint density at radius 1 is 0.493 bits per heavy atom. The second kappa shape index (κ2) is 71.6. The van der Waals surface area contributed by atoms with E-state index in [-0.39, 0.29) is 40.9 Å². The molecule has 2 aliphatic rings. The van der Waals surface area contributed by atoms with E-state index in [1.54, 1.807) is 69.2 Å². The van der Waals surface area contributed by atoms with E-state index >= 15 is 0 Å². The maximum absolute atomic E-state index is 11.5. The van der Waals surface area contributed by atoms with Crippen molar-refractivity contribution in [1.29, 1.82) is 0 Å². The Kier molecular flexibility index (Phi) is 69.2. The minimum atomic E-state index is -3.98. The summed E-state index contributed by atoms with van der Waals surface area (Å²) in [5.74, 6) is 0.126. The smallest absolute Gasteiger partial charge is 0.171 e. The predicted octanol–water partition coefficient (Wildman–Crippen LogP) is 28.7. The minimum Gasteiger partial charge on any atom is -0.171 e. The summed E-state index contributed by atoms with van der Waals surface area (Å²) >= 11 is 0. The van der Waals surface area contributed by atoms with Crippen LogP contribution in [0, 0.1) is 57.6 Å². The molecule has 462 valence electrons. The van der Waals surface area contributed by atoms with Gasteiger partial charge in [-0.2, -0.15) is 26.3 Å². The van der Waals surface area contributed by atoms with E-state index in [0.29, 0.717) is 24.7 Å². The molecule has 0 aromatic carbocycles. The summed E-state index contributed by atoms with van der Waals surface area (Å²) in [6, 6.07) is 0. The summed E-state index contributed by atoms with van der Waals surface area (Å²) < 4.78 is 154. The van der Waals surface area contributed by atoms with Crippen molar-refractivity contribution in [3.05, 3.63) is 0 Å². The minimum absolute atomic E-state index is 0.0556. The molecular weight excluding hydrogens is 919 g/mol. The van der Waals surface area contributed by atoms with Crippen molar-refractivity contribution in [1.82, 2.24) is 0 Å². The van der Waals surface area contributed by atoms with Crippen molar-refractivity contribution < 1.29 is 42.8 Å². The maximum Gasteiger partial charge on any atom is 0.389 e. The van der Waals surface area contributed by atoms with Crippen LogP contribution in [0.4, 0.5) is 26.3 Å². The Bertz CT molecular complexity index is 1200. The molecule has 0 unspecified atom stereocenters. The van der Waals surface area contributed by atoms with Crippen LogP contribution in [0.3, 0.4) is 0 Å². The molecule has 6 heteroatoms. The van der Waals surface area contributed by atoms with Crippen molar-refractivity contribution in [2.45, 2.75) is 383 Å². The van der Waals surface area contributed by atoms with Crippen LogP contribution >= 0.6 is 0 Å². The van der Waals surface area contributed by atoms with Gasteiger partial charge in [0.05, 0.1) is 0 Å². The molecule has 2 atom stereocenters. The molecule has 0 spiro atoms. The quantitative estimate of drug-likeness (QED) is 0.223. The Morgan fingerprint density at radius 3 is 0.726 bits per heavy atom. The van der Waals surface area contributed by atoms with Gasteiger partial charge in [-0.1, -0.05) is 358 Å². The highest BCUT2D eigenvalue weighted by atomic mass is 19.4. The lowest BCUT2D eigenvalue weighted by Gasteiger charge is -2.15. The SMILES string of the molecule is CC.CC(C)(C)C.CC(C)C.CCC.CCCC.CC[C@H](C)CC(F)(F)F.CC[C@H](C)CC(F)(F)F.[2H]C(C)(C)C.[2H]C([2H])(C)C(C)(C)C.[2H]C([2H])(C)C(C)C.[2H]C([2H])(C)CC.[2H]C([2H])([2H])C(C)(C)C.[2H]C1(C)CCCC1.[2H]C1(C)CCCCC1. The third-order valence-corrected chi connectivity index (χ3v) is 7.90. The Morgan fingerprint density at radius 2 is 0.671 bits per heavy atom. The lowest BCUT2D eigenvalue weighted by Crippen LogP contribution is -2.12. The van der Waals surface area contributed by atoms with Crippen molar-refractivity contribution in [3.63, 3.8) is 0 Å². The number of hydrogen-bond donors (Lipinski definition) is 0. The first kappa shape index (κ1) is 70.6. The van der Waals surface area contributed by atoms with Crippen LogP contribution in [0.5, 0.6) is 0 Å². The molecule has 0 bridgehead atoms. The predicted molar refractivity (Wildman–Crippen MR) is 335 cm³/mol. The van der Waals surface area contributed by atoms with Crippen molar-refractivity contribution in [3.8, 4) is 0 Å². The number of halogens is 6. The summed E-state index contributed by atoms with van der Waals surface area (Å²) in [5.41, 5.74) is -0.292. The fourth-order valence-electron chi connectivity index (χ4n) is 3.21. The monoisotopic (exact) mass is 1080 g/mol. The van der Waals surface area contributed by atoms with Gasteiger partial charge in [0, 0.05) is 29.3 Å². The van der Waals surface area contributed by atoms with E-state index in [1.165, 1.54) is 51.4 Å². The third kappa shape index (κ3) is 274. The lowest BCUT2D eigenvalue weighted by atomic mass is 9.91. The number of unbranched alkanes of at least 4 members (excludes halogenated alkanes) is 1. The van der Waals surface area contributed by atoms with E-state index in [0.717, 1.165) is 31.6 Å². The summed E-state index contributed by atoms with van der Waals surface area (Å²) in [4.78, 5) is 0. The molecule has 0 aromatic rings. The zero-order valence-corrected chi connectivity index (χ0v) is 56.6. The summed E-state index contributed by atoms with van der Waals surface area (Å²) in [5, 5.41) is 0. The zero-order valence-electron chi connectivity index (χ0n) is 68.6. The Labute approximate surface area is 482 Å². The molecule has 73 heavy (non-hydrogen) atoms. The first-order valence-corrected chi connectivity index (χ1v) is 29.0. The van der Waals surface area contributed by atoms with E-state index < -0.39 is 56.6 Å². The van der Waals surface area contributed by atoms with Crippen LogP contribution in [-0.4, -0.2) is 12.4 Å². The van der Waals surface area contributed by atoms with Gasteiger partial charge in [0.1, 0.15) is 0 Å². The molecule has 0 saturated heterocycles. The summed E-state index contributed by atoms with van der Waals surface area (Å²) in [6.45, 7) is 63.6. The molecular formula is C67H152F6. The molecule has 2 aliphatic carbocycles. The molecule has 0 N–H and O–H groups in total. The van der Waals surface area contributed by atoms with Crippen molar-refractivity contribution in [2.24, 2.45) is 57.6 Å². The van der Waals surface area contributed by atoms with Gasteiger partial charge < -0.3 is 0 Å². The molecule has 2 rings (SSSR count). The highest BCUT2D eigenvalue weighted by molar-refractivity contribution is 4.61. The average molecular weight is 1080 g/mol. The maximum atomic E-state index is 11.5. The molecule has 0 nitrogen and oxygen atoms in total. The number of alkyl halides is 6. The third-order valence-electron chi connectivity index (χ3n) is 7.90. The molecule has 0 amide bonds. The van der Waals surface area contributed by atoms with Gasteiger partial charge in [0.15, 0.2) is 0 Å². The van der Waals surface area contributed by atoms with Crippen LogP contribution < -0.4 is 0 Å². The van der Waals surface area contributed by atoms with Crippen LogP contribution in [0.1, 0.15) is 387 Å². The van der Waals surface area contributed by atoms with Crippen LogP contribution in [-0.2, 0) is 0 Å². The second-order valence-corrected chi connectivity index (χ2v) is 24.2. The van der Waals surface area contributed by atoms with Gasteiger partial charge in [-0.15, -0.1) is 0 Å². The van der Waals surface area contributed by atoms with E-state index in [1.807, 2.05) is 90.0 Å². The van der Waals surface area contributed by atoms with Crippen LogP contribution in [0.2, 0.25) is 0 Å². The van der Waals surface area contributed by atoms with E-state index in [2.05, 4.69) is 76.2 Å². The fraction of sp³-hybridized carbons (Fsp3) is 1.00. The van der Waals surface area contributed by atoms with E-state index in [4.69, 9.17) is 16.4 Å². The van der Waals surface area contributed by atoms with Crippen LogP contribution in [0.25, 0.3) is 0 Å². The molecule has 2 saturated carbocycles. The topological polar surface area (TPSA) is 0 Å². The van der Waals surface area contributed by atoms with E-state index in [9.17, 15) is 26.3 Å². The summed E-state index contributed by atoms with van der Waals surface area (Å²) in [6.07, 6.45) is 4.35.